The first kappa shape index (κ1) is 21.2. The van der Waals surface area contributed by atoms with Gasteiger partial charge in [-0.2, -0.15) is 0 Å². The van der Waals surface area contributed by atoms with Gasteiger partial charge in [-0.1, -0.05) is 31.9 Å². The Morgan fingerprint density at radius 1 is 1.00 bits per heavy atom. The highest BCUT2D eigenvalue weighted by atomic mass is 79.9. The Kier molecular flexibility index (Phi) is 7.67. The van der Waals surface area contributed by atoms with Crippen LogP contribution in [0.5, 0.6) is 11.5 Å². The van der Waals surface area contributed by atoms with Crippen molar-refractivity contribution in [3.8, 4) is 11.5 Å². The zero-order valence-corrected chi connectivity index (χ0v) is 18.3. The molecule has 0 fully saturated rings. The smallest absolute Gasteiger partial charge is 0.279 e. The van der Waals surface area contributed by atoms with Crippen LogP contribution in [0.3, 0.4) is 0 Å². The van der Waals surface area contributed by atoms with E-state index in [4.69, 9.17) is 9.47 Å². The van der Waals surface area contributed by atoms with Crippen molar-refractivity contribution in [1.29, 1.82) is 0 Å². The van der Waals surface area contributed by atoms with Gasteiger partial charge < -0.3 is 9.47 Å². The second-order valence-electron chi connectivity index (χ2n) is 5.91. The molecule has 27 heavy (non-hydrogen) atoms. The van der Waals surface area contributed by atoms with Crippen LogP contribution in [0, 0.1) is 13.8 Å². The molecule has 2 aromatic rings. The molecule has 0 bridgehead atoms. The van der Waals surface area contributed by atoms with Gasteiger partial charge in [-0.3, -0.25) is 20.4 Å². The molecule has 144 valence electrons. The van der Waals surface area contributed by atoms with Gasteiger partial charge in [0.1, 0.15) is 11.5 Å². The molecule has 2 amide bonds. The lowest BCUT2D eigenvalue weighted by Gasteiger charge is -2.18. The lowest BCUT2D eigenvalue weighted by atomic mass is 10.1. The van der Waals surface area contributed by atoms with Gasteiger partial charge in [0, 0.05) is 8.95 Å². The van der Waals surface area contributed by atoms with Crippen molar-refractivity contribution in [2.24, 2.45) is 0 Å². The second kappa shape index (κ2) is 9.75. The van der Waals surface area contributed by atoms with Crippen LogP contribution < -0.4 is 20.3 Å². The number of benzene rings is 2. The van der Waals surface area contributed by atoms with Crippen LogP contribution in [-0.2, 0) is 9.59 Å². The van der Waals surface area contributed by atoms with E-state index < -0.39 is 17.9 Å². The largest absolute Gasteiger partial charge is 0.484 e. The Labute approximate surface area is 174 Å². The van der Waals surface area contributed by atoms with Gasteiger partial charge in [0.15, 0.2) is 12.7 Å². The Morgan fingerprint density at radius 3 is 2.19 bits per heavy atom. The average Bonchev–Trinajstić information content (AvgIpc) is 2.61. The predicted molar refractivity (Wildman–Crippen MR) is 110 cm³/mol. The maximum Gasteiger partial charge on any atom is 0.279 e. The number of amides is 2. The SMILES string of the molecule is Cc1cc(Br)cc(C)c1OC(C)C(=O)NNC(=O)COc1ccc(Br)cc1. The minimum atomic E-state index is -0.781. The Bertz CT molecular complexity index is 802. The quantitative estimate of drug-likeness (QED) is 0.592. The number of hydrogen-bond donors (Lipinski definition) is 2. The first-order chi connectivity index (χ1) is 12.8. The molecule has 0 aliphatic carbocycles. The van der Waals surface area contributed by atoms with Gasteiger partial charge in [-0.05, 0) is 68.3 Å². The highest BCUT2D eigenvalue weighted by molar-refractivity contribution is 9.10. The van der Waals surface area contributed by atoms with Crippen molar-refractivity contribution >= 4 is 43.7 Å². The summed E-state index contributed by atoms with van der Waals surface area (Å²) in [6.07, 6.45) is -0.781. The third-order valence-electron chi connectivity index (χ3n) is 3.60. The Hall–Kier alpha value is -2.06. The molecule has 2 aromatic carbocycles. The van der Waals surface area contributed by atoms with Crippen LogP contribution in [-0.4, -0.2) is 24.5 Å². The highest BCUT2D eigenvalue weighted by Gasteiger charge is 2.18. The summed E-state index contributed by atoms with van der Waals surface area (Å²) in [5, 5.41) is 0. The van der Waals surface area contributed by atoms with Crippen molar-refractivity contribution in [3.63, 3.8) is 0 Å². The third-order valence-corrected chi connectivity index (χ3v) is 4.58. The van der Waals surface area contributed by atoms with Gasteiger partial charge in [0.2, 0.25) is 0 Å². The maximum absolute atomic E-state index is 12.1. The number of nitrogens with one attached hydrogen (secondary N) is 2. The summed E-state index contributed by atoms with van der Waals surface area (Å²) in [6.45, 7) is 5.20. The van der Waals surface area contributed by atoms with E-state index in [1.807, 2.05) is 26.0 Å². The summed E-state index contributed by atoms with van der Waals surface area (Å²) in [4.78, 5) is 24.0. The van der Waals surface area contributed by atoms with E-state index in [1.54, 1.807) is 31.2 Å². The predicted octanol–water partition coefficient (Wildman–Crippen LogP) is 3.82. The summed E-state index contributed by atoms with van der Waals surface area (Å²) in [6, 6.07) is 10.9. The van der Waals surface area contributed by atoms with E-state index in [1.165, 1.54) is 0 Å². The van der Waals surface area contributed by atoms with E-state index in [9.17, 15) is 9.59 Å². The van der Waals surface area contributed by atoms with Crippen LogP contribution in [0.15, 0.2) is 45.3 Å². The van der Waals surface area contributed by atoms with Gasteiger partial charge in [-0.25, -0.2) is 0 Å². The molecule has 0 spiro atoms. The fraction of sp³-hybridized carbons (Fsp3) is 0.263. The zero-order chi connectivity index (χ0) is 20.0. The molecule has 0 aliphatic heterocycles. The minimum absolute atomic E-state index is 0.220. The minimum Gasteiger partial charge on any atom is -0.484 e. The van der Waals surface area contributed by atoms with Crippen molar-refractivity contribution in [2.75, 3.05) is 6.61 Å². The third kappa shape index (κ3) is 6.55. The summed E-state index contributed by atoms with van der Waals surface area (Å²) >= 11 is 6.74. The summed E-state index contributed by atoms with van der Waals surface area (Å²) in [5.41, 5.74) is 6.47. The Morgan fingerprint density at radius 2 is 1.59 bits per heavy atom. The average molecular weight is 500 g/mol. The number of hydrogen-bond acceptors (Lipinski definition) is 4. The Balaban J connectivity index is 1.80. The van der Waals surface area contributed by atoms with Crippen molar-refractivity contribution in [1.82, 2.24) is 10.9 Å². The van der Waals surface area contributed by atoms with Crippen LogP contribution in [0.2, 0.25) is 0 Å². The van der Waals surface area contributed by atoms with E-state index in [2.05, 4.69) is 42.7 Å². The van der Waals surface area contributed by atoms with Crippen LogP contribution >= 0.6 is 31.9 Å². The van der Waals surface area contributed by atoms with E-state index >= 15 is 0 Å². The molecular weight excluding hydrogens is 480 g/mol. The molecule has 0 radical (unpaired) electrons. The fourth-order valence-electron chi connectivity index (χ4n) is 2.26. The van der Waals surface area contributed by atoms with Crippen molar-refractivity contribution in [2.45, 2.75) is 26.9 Å². The first-order valence-electron chi connectivity index (χ1n) is 8.16. The molecule has 2 rings (SSSR count). The summed E-state index contributed by atoms with van der Waals surface area (Å²) in [5.74, 6) is 0.256. The van der Waals surface area contributed by atoms with Crippen LogP contribution in [0.25, 0.3) is 0 Å². The van der Waals surface area contributed by atoms with Gasteiger partial charge in [-0.15, -0.1) is 0 Å². The topological polar surface area (TPSA) is 76.7 Å². The monoisotopic (exact) mass is 498 g/mol. The maximum atomic E-state index is 12.1. The molecule has 0 saturated carbocycles. The van der Waals surface area contributed by atoms with Crippen molar-refractivity contribution < 1.29 is 19.1 Å². The zero-order valence-electron chi connectivity index (χ0n) is 15.1. The van der Waals surface area contributed by atoms with E-state index in [0.29, 0.717) is 11.5 Å². The number of halogens is 2. The molecule has 8 heteroatoms. The summed E-state index contributed by atoms with van der Waals surface area (Å²) in [7, 11) is 0. The van der Waals surface area contributed by atoms with E-state index in [-0.39, 0.29) is 6.61 Å². The summed E-state index contributed by atoms with van der Waals surface area (Å²) < 4.78 is 12.9. The molecule has 0 aliphatic rings. The number of aryl methyl sites for hydroxylation is 2. The van der Waals surface area contributed by atoms with Crippen LogP contribution in [0.1, 0.15) is 18.1 Å². The number of carbonyl (C=O) groups excluding carboxylic acids is 2. The number of ether oxygens (including phenoxy) is 2. The molecule has 6 nitrogen and oxygen atoms in total. The number of rotatable bonds is 6. The lowest BCUT2D eigenvalue weighted by molar-refractivity contribution is -0.133. The lowest BCUT2D eigenvalue weighted by Crippen LogP contribution is -2.48. The first-order valence-corrected chi connectivity index (χ1v) is 9.75. The van der Waals surface area contributed by atoms with Gasteiger partial charge in [0.05, 0.1) is 0 Å². The molecular formula is C19H20Br2N2O4. The molecule has 0 aromatic heterocycles. The molecule has 1 atom stereocenters. The molecule has 2 N–H and O–H groups in total. The standard InChI is InChI=1S/C19H20Br2N2O4/c1-11-8-15(21)9-12(2)18(11)27-13(3)19(25)23-22-17(24)10-26-16-6-4-14(20)5-7-16/h4-9,13H,10H2,1-3H3,(H,22,24)(H,23,25). The molecule has 0 saturated heterocycles. The van der Waals surface area contributed by atoms with Gasteiger partial charge in [0.25, 0.3) is 11.8 Å². The molecule has 0 heterocycles. The van der Waals surface area contributed by atoms with E-state index in [0.717, 1.165) is 20.1 Å². The normalized spacial score (nSPS) is 11.4. The highest BCUT2D eigenvalue weighted by Crippen LogP contribution is 2.28. The number of hydrazine groups is 1. The fourth-order valence-corrected chi connectivity index (χ4v) is 3.21. The number of carbonyl (C=O) groups is 2. The van der Waals surface area contributed by atoms with Crippen molar-refractivity contribution in [3.05, 3.63) is 56.5 Å². The van der Waals surface area contributed by atoms with Crippen LogP contribution in [0.4, 0.5) is 0 Å². The second-order valence-corrected chi connectivity index (χ2v) is 7.74. The van der Waals surface area contributed by atoms with Gasteiger partial charge >= 0.3 is 0 Å². The molecule has 1 unspecified atom stereocenters.